The maximum absolute atomic E-state index is 13.9. The van der Waals surface area contributed by atoms with E-state index in [1.54, 1.807) is 21.6 Å². The smallest absolute Gasteiger partial charge is 0.254 e. The molecule has 7 rings (SSSR count). The number of carbonyl (C=O) groups is 4. The summed E-state index contributed by atoms with van der Waals surface area (Å²) in [5.41, 5.74) is 14.3. The molecule has 0 aliphatic carbocycles. The number of hydrogen-bond acceptors (Lipinski definition) is 10. The zero-order valence-corrected chi connectivity index (χ0v) is 33.4. The lowest BCUT2D eigenvalue weighted by Gasteiger charge is -2.43. The summed E-state index contributed by atoms with van der Waals surface area (Å²) in [6, 6.07) is 25.7. The monoisotopic (exact) mass is 802 g/mol. The first-order chi connectivity index (χ1) is 26.3. The minimum atomic E-state index is -0.713. The zero-order chi connectivity index (χ0) is 37.6. The van der Waals surface area contributed by atoms with Gasteiger partial charge in [-0.05, 0) is 46.5 Å². The minimum absolute atomic E-state index is 0.0208. The van der Waals surface area contributed by atoms with E-state index in [-0.39, 0.29) is 35.7 Å². The molecule has 4 aromatic rings. The summed E-state index contributed by atoms with van der Waals surface area (Å²) in [5.74, 6) is 2.06. The van der Waals surface area contributed by atoms with Crippen LogP contribution in [0.5, 0.6) is 0 Å². The molecule has 0 bridgehead atoms. The molecule has 4 atom stereocenters. The lowest BCUT2D eigenvalue weighted by atomic mass is 10.0. The molecule has 3 fully saturated rings. The number of benzene rings is 4. The summed E-state index contributed by atoms with van der Waals surface area (Å²) in [6.07, 6.45) is 1.43. The number of piperazine rings is 2. The average molecular weight is 803 g/mol. The SMILES string of the molecule is N[C@H]1CSSC[C@H](N)C(=O)N2CCN(C(=O)c3cccc4ccccc34)C[C@@H]2CCSSCC[C@H]2CN(C(=O)c3cccc4ccccc34)CCN2C1=O. The van der Waals surface area contributed by atoms with Gasteiger partial charge in [0.2, 0.25) is 11.8 Å². The van der Waals surface area contributed by atoms with Crippen molar-refractivity contribution in [2.45, 2.75) is 37.0 Å². The van der Waals surface area contributed by atoms with Gasteiger partial charge in [0.1, 0.15) is 0 Å². The van der Waals surface area contributed by atoms with Crippen LogP contribution in [0.2, 0.25) is 0 Å². The Morgan fingerprint density at radius 3 is 1.39 bits per heavy atom. The topological polar surface area (TPSA) is 133 Å². The van der Waals surface area contributed by atoms with Gasteiger partial charge in [0.15, 0.2) is 0 Å². The van der Waals surface area contributed by atoms with Crippen LogP contribution < -0.4 is 11.5 Å². The van der Waals surface area contributed by atoms with Gasteiger partial charge < -0.3 is 31.1 Å². The van der Waals surface area contributed by atoms with Crippen LogP contribution in [0.1, 0.15) is 33.6 Å². The van der Waals surface area contributed by atoms with Crippen LogP contribution in [0.3, 0.4) is 0 Å². The van der Waals surface area contributed by atoms with E-state index in [1.807, 2.05) is 105 Å². The lowest BCUT2D eigenvalue weighted by molar-refractivity contribution is -0.137. The van der Waals surface area contributed by atoms with Gasteiger partial charge in [0, 0.05) is 73.4 Å². The van der Waals surface area contributed by atoms with Crippen molar-refractivity contribution in [3.63, 3.8) is 0 Å². The minimum Gasteiger partial charge on any atom is -0.335 e. The largest absolute Gasteiger partial charge is 0.335 e. The summed E-state index contributed by atoms with van der Waals surface area (Å²) in [4.78, 5) is 62.9. The Morgan fingerprint density at radius 1 is 0.537 bits per heavy atom. The third-order valence-corrected chi connectivity index (χ3v) is 15.5. The van der Waals surface area contributed by atoms with E-state index in [2.05, 4.69) is 0 Å². The molecule has 3 aliphatic rings. The summed E-state index contributed by atoms with van der Waals surface area (Å²) >= 11 is 0. The van der Waals surface area contributed by atoms with Crippen molar-refractivity contribution in [3.8, 4) is 0 Å². The average Bonchev–Trinajstić information content (AvgIpc) is 3.21. The molecule has 0 spiro atoms. The van der Waals surface area contributed by atoms with E-state index < -0.39 is 12.1 Å². The van der Waals surface area contributed by atoms with Gasteiger partial charge in [-0.25, -0.2) is 0 Å². The van der Waals surface area contributed by atoms with Gasteiger partial charge >= 0.3 is 0 Å². The van der Waals surface area contributed by atoms with Crippen LogP contribution in [0.15, 0.2) is 84.9 Å². The molecular weight excluding hydrogens is 757 g/mol. The molecular formula is C40H46N6O4S4. The highest BCUT2D eigenvalue weighted by molar-refractivity contribution is 8.77. The Bertz CT molecular complexity index is 1850. The van der Waals surface area contributed by atoms with E-state index in [9.17, 15) is 19.2 Å². The first-order valence-corrected chi connectivity index (χ1v) is 23.4. The normalized spacial score (nSPS) is 24.1. The van der Waals surface area contributed by atoms with Crippen molar-refractivity contribution in [2.24, 2.45) is 11.5 Å². The fourth-order valence-electron chi connectivity index (χ4n) is 7.62. The molecule has 0 saturated carbocycles. The van der Waals surface area contributed by atoms with Crippen LogP contribution in [0.4, 0.5) is 0 Å². The molecule has 4 N–H and O–H groups in total. The van der Waals surface area contributed by atoms with Crippen molar-refractivity contribution in [2.75, 3.05) is 62.3 Å². The molecule has 4 aromatic carbocycles. The lowest BCUT2D eigenvalue weighted by Crippen LogP contribution is -2.60. The molecule has 4 amide bonds. The molecule has 284 valence electrons. The third kappa shape index (κ3) is 8.69. The predicted molar refractivity (Wildman–Crippen MR) is 226 cm³/mol. The number of nitrogens with zero attached hydrogens (tertiary/aromatic N) is 4. The summed E-state index contributed by atoms with van der Waals surface area (Å²) < 4.78 is 0. The Hall–Kier alpha value is -3.40. The Morgan fingerprint density at radius 2 is 0.944 bits per heavy atom. The summed E-state index contributed by atoms with van der Waals surface area (Å²) in [6.45, 7) is 2.62. The Balaban J connectivity index is 1.04. The van der Waals surface area contributed by atoms with Crippen molar-refractivity contribution in [1.82, 2.24) is 19.6 Å². The van der Waals surface area contributed by atoms with Gasteiger partial charge in [0.05, 0.1) is 24.2 Å². The molecule has 14 heteroatoms. The van der Waals surface area contributed by atoms with Gasteiger partial charge in [0.25, 0.3) is 11.8 Å². The Kier molecular flexibility index (Phi) is 13.0. The molecule has 3 saturated heterocycles. The summed E-state index contributed by atoms with van der Waals surface area (Å²) in [7, 11) is 6.39. The molecule has 54 heavy (non-hydrogen) atoms. The number of amides is 4. The van der Waals surface area contributed by atoms with Crippen molar-refractivity contribution < 1.29 is 19.2 Å². The molecule has 10 nitrogen and oxygen atoms in total. The number of fused-ring (bicyclic) bond motifs is 4. The molecule has 0 unspecified atom stereocenters. The highest BCUT2D eigenvalue weighted by atomic mass is 33.1. The second-order valence-electron chi connectivity index (χ2n) is 13.9. The zero-order valence-electron chi connectivity index (χ0n) is 30.1. The van der Waals surface area contributed by atoms with E-state index in [4.69, 9.17) is 11.5 Å². The van der Waals surface area contributed by atoms with Gasteiger partial charge in [-0.1, -0.05) is 116 Å². The van der Waals surface area contributed by atoms with Crippen molar-refractivity contribution in [1.29, 1.82) is 0 Å². The fourth-order valence-corrected chi connectivity index (χ4v) is 12.1. The highest BCUT2D eigenvalue weighted by Crippen LogP contribution is 2.31. The van der Waals surface area contributed by atoms with Crippen LogP contribution in [-0.2, 0) is 9.59 Å². The third-order valence-electron chi connectivity index (χ3n) is 10.5. The highest BCUT2D eigenvalue weighted by Gasteiger charge is 2.37. The van der Waals surface area contributed by atoms with Gasteiger partial charge in [-0.2, -0.15) is 0 Å². The number of nitrogens with two attached hydrogens (primary N) is 2. The van der Waals surface area contributed by atoms with Crippen molar-refractivity contribution in [3.05, 3.63) is 96.1 Å². The fraction of sp³-hybridized carbons (Fsp3) is 0.400. The molecule has 0 radical (unpaired) electrons. The molecule has 3 heterocycles. The maximum atomic E-state index is 13.9. The first-order valence-electron chi connectivity index (χ1n) is 18.4. The van der Waals surface area contributed by atoms with Gasteiger partial charge in [-0.3, -0.25) is 19.2 Å². The first kappa shape index (κ1) is 38.9. The van der Waals surface area contributed by atoms with Crippen molar-refractivity contribution >= 4 is 88.3 Å². The second-order valence-corrected chi connectivity index (χ2v) is 19.2. The van der Waals surface area contributed by atoms with Crippen LogP contribution in [0, 0.1) is 0 Å². The Labute approximate surface area is 332 Å². The van der Waals surface area contributed by atoms with E-state index in [0.717, 1.165) is 33.1 Å². The van der Waals surface area contributed by atoms with E-state index >= 15 is 0 Å². The van der Waals surface area contributed by atoms with E-state index in [0.29, 0.717) is 74.7 Å². The van der Waals surface area contributed by atoms with Crippen LogP contribution in [0.25, 0.3) is 21.5 Å². The van der Waals surface area contributed by atoms with E-state index in [1.165, 1.54) is 21.6 Å². The van der Waals surface area contributed by atoms with Gasteiger partial charge in [-0.15, -0.1) is 0 Å². The number of carbonyl (C=O) groups excluding carboxylic acids is 4. The summed E-state index contributed by atoms with van der Waals surface area (Å²) in [5, 5.41) is 3.90. The standard InChI is InChI=1S/C40H46N6O4S4/c41-35-25-53-54-26-36(42)40(50)46-20-18-44(38(48)34-14-6-10-28-8-2-4-12-32(28)34)24-30(46)16-22-52-51-21-15-29-23-43(17-19-45(29)39(35)49)37(47)33-13-5-9-27-7-1-3-11-31(27)33/h1-14,29-30,35-36H,15-26,41-42H2/t29-,30-,35-,36-/m0/s1. The maximum Gasteiger partial charge on any atom is 0.254 e. The number of hydrogen-bond donors (Lipinski definition) is 2. The van der Waals surface area contributed by atoms with Crippen LogP contribution >= 0.6 is 43.2 Å². The second kappa shape index (κ2) is 18.0. The molecule has 3 aliphatic heterocycles. The quantitative estimate of drug-likeness (QED) is 0.261. The predicted octanol–water partition coefficient (Wildman–Crippen LogP) is 5.21. The molecule has 0 aromatic heterocycles. The van der Waals surface area contributed by atoms with Crippen LogP contribution in [-0.4, -0.2) is 130 Å². The number of rotatable bonds is 2.